The Balaban J connectivity index is 2.35. The van der Waals surface area contributed by atoms with Crippen molar-refractivity contribution >= 4 is 28.5 Å². The number of H-pyrrole nitrogens is 1. The number of aliphatic hydroxyl groups excluding tert-OH is 1. The Morgan fingerprint density at radius 3 is 3.06 bits per heavy atom. The van der Waals surface area contributed by atoms with E-state index >= 15 is 0 Å². The molecule has 0 bridgehead atoms. The third-order valence-corrected chi connectivity index (χ3v) is 2.79. The van der Waals surface area contributed by atoms with E-state index in [0.29, 0.717) is 10.6 Å². The molecule has 5 heteroatoms. The molecule has 17 heavy (non-hydrogen) atoms. The molecular weight excluding hydrogens is 242 g/mol. The molecule has 2 N–H and O–H groups in total. The zero-order chi connectivity index (χ0) is 12.4. The lowest BCUT2D eigenvalue weighted by molar-refractivity contribution is -0.153. The van der Waals surface area contributed by atoms with E-state index in [2.05, 4.69) is 4.98 Å². The van der Waals surface area contributed by atoms with Crippen LogP contribution in [-0.2, 0) is 9.53 Å². The number of rotatable bonds is 3. The van der Waals surface area contributed by atoms with Gasteiger partial charge in [-0.1, -0.05) is 17.7 Å². The van der Waals surface area contributed by atoms with E-state index in [9.17, 15) is 9.90 Å². The molecule has 0 saturated heterocycles. The second-order valence-corrected chi connectivity index (χ2v) is 4.00. The van der Waals surface area contributed by atoms with Gasteiger partial charge < -0.3 is 14.8 Å². The molecular formula is C12H12ClNO3. The largest absolute Gasteiger partial charge is 0.464 e. The zero-order valence-corrected chi connectivity index (χ0v) is 9.99. The maximum atomic E-state index is 11.4. The fourth-order valence-corrected chi connectivity index (χ4v) is 1.84. The molecule has 0 radical (unpaired) electrons. The van der Waals surface area contributed by atoms with Crippen LogP contribution in [0.4, 0.5) is 0 Å². The third-order valence-electron chi connectivity index (χ3n) is 2.48. The number of carbonyl (C=O) groups excluding carboxylic acids is 1. The third kappa shape index (κ3) is 2.28. The van der Waals surface area contributed by atoms with Crippen molar-refractivity contribution in [3.05, 3.63) is 35.0 Å². The van der Waals surface area contributed by atoms with Crippen molar-refractivity contribution < 1.29 is 14.6 Å². The first kappa shape index (κ1) is 12.0. The second-order valence-electron chi connectivity index (χ2n) is 3.60. The van der Waals surface area contributed by atoms with Gasteiger partial charge in [-0.05, 0) is 24.6 Å². The average Bonchev–Trinajstić information content (AvgIpc) is 2.70. The molecule has 1 atom stereocenters. The van der Waals surface area contributed by atoms with Crippen LogP contribution in [0.3, 0.4) is 0 Å². The molecule has 0 aliphatic rings. The van der Waals surface area contributed by atoms with Crippen molar-refractivity contribution in [3.63, 3.8) is 0 Å². The summed E-state index contributed by atoms with van der Waals surface area (Å²) in [6, 6.07) is 5.10. The first-order valence-corrected chi connectivity index (χ1v) is 5.62. The van der Waals surface area contributed by atoms with Gasteiger partial charge in [0.25, 0.3) is 0 Å². The van der Waals surface area contributed by atoms with E-state index in [-0.39, 0.29) is 6.61 Å². The van der Waals surface area contributed by atoms with Gasteiger partial charge in [-0.25, -0.2) is 4.79 Å². The number of nitrogens with one attached hydrogen (secondary N) is 1. The quantitative estimate of drug-likeness (QED) is 0.826. The number of aromatic amines is 1. The van der Waals surface area contributed by atoms with Crippen molar-refractivity contribution in [2.24, 2.45) is 0 Å². The number of aromatic nitrogens is 1. The summed E-state index contributed by atoms with van der Waals surface area (Å²) in [5, 5.41) is 11.1. The number of ether oxygens (including phenoxy) is 1. The highest BCUT2D eigenvalue weighted by Gasteiger charge is 2.19. The van der Waals surface area contributed by atoms with Crippen LogP contribution in [0.15, 0.2) is 24.4 Å². The summed E-state index contributed by atoms with van der Waals surface area (Å²) < 4.78 is 4.75. The van der Waals surface area contributed by atoms with Gasteiger partial charge in [0.05, 0.1) is 11.6 Å². The van der Waals surface area contributed by atoms with Crippen LogP contribution in [0, 0.1) is 0 Å². The first-order valence-electron chi connectivity index (χ1n) is 5.24. The molecule has 1 heterocycles. The average molecular weight is 254 g/mol. The molecule has 1 unspecified atom stereocenters. The summed E-state index contributed by atoms with van der Waals surface area (Å²) in [6.45, 7) is 1.93. The van der Waals surface area contributed by atoms with Gasteiger partial charge in [-0.3, -0.25) is 0 Å². The monoisotopic (exact) mass is 253 g/mol. The first-order chi connectivity index (χ1) is 8.13. The van der Waals surface area contributed by atoms with Crippen molar-refractivity contribution in [3.8, 4) is 0 Å². The highest BCUT2D eigenvalue weighted by molar-refractivity contribution is 6.35. The van der Waals surface area contributed by atoms with Crippen molar-refractivity contribution in [1.29, 1.82) is 0 Å². The van der Waals surface area contributed by atoms with E-state index in [1.54, 1.807) is 31.3 Å². The smallest absolute Gasteiger partial charge is 0.339 e. The minimum absolute atomic E-state index is 0.239. The van der Waals surface area contributed by atoms with E-state index in [1.165, 1.54) is 0 Å². The molecule has 2 aromatic rings. The van der Waals surface area contributed by atoms with Gasteiger partial charge in [0, 0.05) is 17.1 Å². The predicted octanol–water partition coefficient (Wildman–Crippen LogP) is 2.42. The lowest BCUT2D eigenvalue weighted by Gasteiger charge is -2.09. The zero-order valence-electron chi connectivity index (χ0n) is 9.24. The fourth-order valence-electron chi connectivity index (χ4n) is 1.63. The standard InChI is InChI=1S/C12H12ClNO3/c1-2-17-12(16)11(15)7-3-4-10-8(5-7)9(13)6-14-10/h3-6,11,14-15H,2H2,1H3. The van der Waals surface area contributed by atoms with Gasteiger partial charge in [0.2, 0.25) is 0 Å². The molecule has 4 nitrogen and oxygen atoms in total. The van der Waals surface area contributed by atoms with Crippen molar-refractivity contribution in [2.75, 3.05) is 6.61 Å². The molecule has 1 aromatic heterocycles. The summed E-state index contributed by atoms with van der Waals surface area (Å²) in [6.07, 6.45) is 0.387. The highest BCUT2D eigenvalue weighted by atomic mass is 35.5. The van der Waals surface area contributed by atoms with Crippen LogP contribution in [0.1, 0.15) is 18.6 Å². The molecule has 2 rings (SSSR count). The number of carbonyl (C=O) groups is 1. The Kier molecular flexibility index (Phi) is 3.36. The Morgan fingerprint density at radius 1 is 1.59 bits per heavy atom. The van der Waals surface area contributed by atoms with E-state index in [1.807, 2.05) is 0 Å². The lowest BCUT2D eigenvalue weighted by atomic mass is 10.1. The Hall–Kier alpha value is -1.52. The Bertz CT molecular complexity index is 550. The second kappa shape index (κ2) is 4.77. The van der Waals surface area contributed by atoms with Gasteiger partial charge in [0.1, 0.15) is 0 Å². The summed E-state index contributed by atoms with van der Waals surface area (Å²) >= 11 is 5.96. The minimum atomic E-state index is -1.27. The number of benzene rings is 1. The van der Waals surface area contributed by atoms with Crippen LogP contribution >= 0.6 is 11.6 Å². The van der Waals surface area contributed by atoms with Crippen molar-refractivity contribution in [1.82, 2.24) is 4.98 Å². The van der Waals surface area contributed by atoms with Crippen LogP contribution in [0.2, 0.25) is 5.02 Å². The fraction of sp³-hybridized carbons (Fsp3) is 0.250. The number of aliphatic hydroxyl groups is 1. The molecule has 0 aliphatic carbocycles. The van der Waals surface area contributed by atoms with E-state index in [0.717, 1.165) is 10.9 Å². The molecule has 0 saturated carbocycles. The predicted molar refractivity (Wildman–Crippen MR) is 64.9 cm³/mol. The summed E-state index contributed by atoms with van der Waals surface area (Å²) in [5.41, 5.74) is 1.33. The summed E-state index contributed by atoms with van der Waals surface area (Å²) in [4.78, 5) is 14.4. The summed E-state index contributed by atoms with van der Waals surface area (Å²) in [7, 11) is 0. The van der Waals surface area contributed by atoms with Crippen LogP contribution < -0.4 is 0 Å². The number of hydrogen-bond acceptors (Lipinski definition) is 3. The Labute approximate surface area is 103 Å². The van der Waals surface area contributed by atoms with Gasteiger partial charge >= 0.3 is 5.97 Å². The van der Waals surface area contributed by atoms with Crippen LogP contribution in [0.25, 0.3) is 10.9 Å². The van der Waals surface area contributed by atoms with Crippen molar-refractivity contribution in [2.45, 2.75) is 13.0 Å². The molecule has 0 amide bonds. The molecule has 0 aliphatic heterocycles. The molecule has 1 aromatic carbocycles. The Morgan fingerprint density at radius 2 is 2.35 bits per heavy atom. The molecule has 0 fully saturated rings. The van der Waals surface area contributed by atoms with Crippen LogP contribution in [0.5, 0.6) is 0 Å². The highest BCUT2D eigenvalue weighted by Crippen LogP contribution is 2.26. The van der Waals surface area contributed by atoms with E-state index in [4.69, 9.17) is 16.3 Å². The molecule has 90 valence electrons. The number of esters is 1. The number of hydrogen-bond donors (Lipinski definition) is 2. The maximum absolute atomic E-state index is 11.4. The molecule has 0 spiro atoms. The van der Waals surface area contributed by atoms with Gasteiger partial charge in [0.15, 0.2) is 6.10 Å². The van der Waals surface area contributed by atoms with Gasteiger partial charge in [-0.15, -0.1) is 0 Å². The topological polar surface area (TPSA) is 62.3 Å². The SMILES string of the molecule is CCOC(=O)C(O)c1ccc2[nH]cc(Cl)c2c1. The van der Waals surface area contributed by atoms with E-state index < -0.39 is 12.1 Å². The number of fused-ring (bicyclic) bond motifs is 1. The van der Waals surface area contributed by atoms with Crippen LogP contribution in [-0.4, -0.2) is 22.7 Å². The normalized spacial score (nSPS) is 12.6. The summed E-state index contributed by atoms with van der Waals surface area (Å²) in [5.74, 6) is -0.654. The minimum Gasteiger partial charge on any atom is -0.464 e. The van der Waals surface area contributed by atoms with Gasteiger partial charge in [-0.2, -0.15) is 0 Å². The maximum Gasteiger partial charge on any atom is 0.339 e. The number of halogens is 1. The lowest BCUT2D eigenvalue weighted by Crippen LogP contribution is -2.15.